The maximum Gasteiger partial charge on any atom is 0.124 e. The van der Waals surface area contributed by atoms with Crippen molar-refractivity contribution in [3.05, 3.63) is 35.1 Å². The number of aliphatic hydroxyl groups excluding tert-OH is 1. The number of aliphatic hydroxyl groups is 1. The highest BCUT2D eigenvalue weighted by Crippen LogP contribution is 2.09. The smallest absolute Gasteiger partial charge is 0.124 e. The largest absolute Gasteiger partial charge is 0.392 e. The van der Waals surface area contributed by atoms with Gasteiger partial charge in [-0.2, -0.15) is 0 Å². The van der Waals surface area contributed by atoms with Crippen molar-refractivity contribution >= 4 is 0 Å². The Kier molecular flexibility index (Phi) is 3.44. The number of nitrogens with two attached hydrogens (primary N) is 1. The maximum atomic E-state index is 12.7. The third kappa shape index (κ3) is 2.55. The van der Waals surface area contributed by atoms with Crippen molar-refractivity contribution in [2.45, 2.75) is 6.61 Å². The molecule has 3 heteroatoms. The van der Waals surface area contributed by atoms with E-state index in [2.05, 4.69) is 11.8 Å². The minimum absolute atomic E-state index is 0.144. The molecule has 0 spiro atoms. The minimum Gasteiger partial charge on any atom is -0.392 e. The summed E-state index contributed by atoms with van der Waals surface area (Å²) >= 11 is 0. The first-order chi connectivity index (χ1) is 6.27. The van der Waals surface area contributed by atoms with Gasteiger partial charge in [-0.3, -0.25) is 0 Å². The second kappa shape index (κ2) is 4.61. The summed E-state index contributed by atoms with van der Waals surface area (Å²) in [4.78, 5) is 0. The van der Waals surface area contributed by atoms with Crippen LogP contribution in [0.25, 0.3) is 0 Å². The summed E-state index contributed by atoms with van der Waals surface area (Å²) in [5.74, 6) is 4.93. The Labute approximate surface area is 76.2 Å². The molecule has 0 aliphatic rings. The highest BCUT2D eigenvalue weighted by Gasteiger charge is 1.99. The summed E-state index contributed by atoms with van der Waals surface area (Å²) in [5.41, 5.74) is 6.28. The Balaban J connectivity index is 3.08. The number of rotatable bonds is 1. The lowest BCUT2D eigenvalue weighted by Crippen LogP contribution is -1.95. The van der Waals surface area contributed by atoms with Gasteiger partial charge in [0.05, 0.1) is 13.2 Å². The molecular weight excluding hydrogens is 169 g/mol. The number of hydrogen-bond acceptors (Lipinski definition) is 2. The summed E-state index contributed by atoms with van der Waals surface area (Å²) in [6.07, 6.45) is 0. The molecule has 0 unspecified atom stereocenters. The minimum atomic E-state index is -0.362. The Morgan fingerprint density at radius 3 is 2.85 bits per heavy atom. The molecule has 3 N–H and O–H groups in total. The predicted molar refractivity (Wildman–Crippen MR) is 48.3 cm³/mol. The van der Waals surface area contributed by atoms with Gasteiger partial charge in [0.25, 0.3) is 0 Å². The average Bonchev–Trinajstić information content (AvgIpc) is 2.15. The van der Waals surface area contributed by atoms with Gasteiger partial charge >= 0.3 is 0 Å². The second-order valence-electron chi connectivity index (χ2n) is 2.47. The summed E-state index contributed by atoms with van der Waals surface area (Å²) in [6.45, 7) is 0.0796. The number of halogens is 1. The molecule has 0 bridgehead atoms. The summed E-state index contributed by atoms with van der Waals surface area (Å²) in [7, 11) is 0. The van der Waals surface area contributed by atoms with Gasteiger partial charge < -0.3 is 10.8 Å². The van der Waals surface area contributed by atoms with E-state index in [1.165, 1.54) is 18.2 Å². The first kappa shape index (κ1) is 9.72. The molecular formula is C10H10FNO. The van der Waals surface area contributed by atoms with Gasteiger partial charge in [-0.1, -0.05) is 17.9 Å². The van der Waals surface area contributed by atoms with E-state index in [0.717, 1.165) is 0 Å². The molecule has 2 nitrogen and oxygen atoms in total. The number of benzene rings is 1. The molecule has 0 atom stereocenters. The van der Waals surface area contributed by atoms with Gasteiger partial charge in [0.2, 0.25) is 0 Å². The van der Waals surface area contributed by atoms with Crippen molar-refractivity contribution in [3.8, 4) is 11.8 Å². The van der Waals surface area contributed by atoms with Crippen LogP contribution in [-0.2, 0) is 6.61 Å². The molecule has 0 saturated heterocycles. The highest BCUT2D eigenvalue weighted by atomic mass is 19.1. The van der Waals surface area contributed by atoms with Crippen molar-refractivity contribution in [3.63, 3.8) is 0 Å². The van der Waals surface area contributed by atoms with E-state index in [1.807, 2.05) is 0 Å². The monoisotopic (exact) mass is 179 g/mol. The highest BCUT2D eigenvalue weighted by molar-refractivity contribution is 5.41. The van der Waals surface area contributed by atoms with Crippen LogP contribution in [0, 0.1) is 17.7 Å². The fourth-order valence-electron chi connectivity index (χ4n) is 0.949. The molecule has 0 radical (unpaired) electrons. The van der Waals surface area contributed by atoms with E-state index >= 15 is 0 Å². The van der Waals surface area contributed by atoms with Crippen molar-refractivity contribution in [1.82, 2.24) is 0 Å². The summed E-state index contributed by atoms with van der Waals surface area (Å²) in [6, 6.07) is 4.09. The third-order valence-electron chi connectivity index (χ3n) is 1.57. The van der Waals surface area contributed by atoms with Crippen molar-refractivity contribution in [2.75, 3.05) is 6.54 Å². The lowest BCUT2D eigenvalue weighted by molar-refractivity contribution is 0.281. The average molecular weight is 179 g/mol. The van der Waals surface area contributed by atoms with Gasteiger partial charge in [0.1, 0.15) is 5.82 Å². The van der Waals surface area contributed by atoms with Gasteiger partial charge in [-0.25, -0.2) is 4.39 Å². The zero-order chi connectivity index (χ0) is 9.68. The number of hydrogen-bond donors (Lipinski definition) is 2. The molecule has 0 heterocycles. The Hall–Kier alpha value is -1.37. The van der Waals surface area contributed by atoms with Crippen LogP contribution in [0.5, 0.6) is 0 Å². The molecule has 0 amide bonds. The summed E-state index contributed by atoms with van der Waals surface area (Å²) in [5, 5.41) is 8.89. The molecule has 1 aromatic rings. The molecule has 0 fully saturated rings. The fourth-order valence-corrected chi connectivity index (χ4v) is 0.949. The molecule has 0 aliphatic carbocycles. The van der Waals surface area contributed by atoms with Crippen molar-refractivity contribution in [2.24, 2.45) is 5.73 Å². The lowest BCUT2D eigenvalue weighted by atomic mass is 10.1. The molecule has 0 aromatic heterocycles. The van der Waals surface area contributed by atoms with E-state index in [-0.39, 0.29) is 19.0 Å². The van der Waals surface area contributed by atoms with E-state index in [1.54, 1.807) is 0 Å². The predicted octanol–water partition coefficient (Wildman–Crippen LogP) is 0.628. The maximum absolute atomic E-state index is 12.7. The van der Waals surface area contributed by atoms with Gasteiger partial charge in [0, 0.05) is 5.56 Å². The quantitative estimate of drug-likeness (QED) is 0.621. The van der Waals surface area contributed by atoms with Crippen molar-refractivity contribution < 1.29 is 9.50 Å². The first-order valence-electron chi connectivity index (χ1n) is 3.86. The zero-order valence-corrected chi connectivity index (χ0v) is 7.05. The fraction of sp³-hybridized carbons (Fsp3) is 0.200. The molecule has 1 rings (SSSR count). The second-order valence-corrected chi connectivity index (χ2v) is 2.47. The van der Waals surface area contributed by atoms with Gasteiger partial charge in [-0.15, -0.1) is 0 Å². The Morgan fingerprint density at radius 1 is 1.46 bits per heavy atom. The zero-order valence-electron chi connectivity index (χ0n) is 7.05. The Morgan fingerprint density at radius 2 is 2.23 bits per heavy atom. The topological polar surface area (TPSA) is 46.2 Å². The van der Waals surface area contributed by atoms with E-state index < -0.39 is 0 Å². The first-order valence-corrected chi connectivity index (χ1v) is 3.86. The van der Waals surface area contributed by atoms with E-state index in [4.69, 9.17) is 10.8 Å². The molecule has 0 aliphatic heterocycles. The SMILES string of the molecule is NCC#Cc1cc(F)ccc1CO. The molecule has 1 aromatic carbocycles. The van der Waals surface area contributed by atoms with Gasteiger partial charge in [-0.05, 0) is 17.7 Å². The normalized spacial score (nSPS) is 9.15. The van der Waals surface area contributed by atoms with Crippen LogP contribution in [0.4, 0.5) is 4.39 Å². The van der Waals surface area contributed by atoms with Crippen LogP contribution in [0.1, 0.15) is 11.1 Å². The van der Waals surface area contributed by atoms with Crippen LogP contribution < -0.4 is 5.73 Å². The molecule has 13 heavy (non-hydrogen) atoms. The van der Waals surface area contributed by atoms with Crippen LogP contribution in [0.3, 0.4) is 0 Å². The van der Waals surface area contributed by atoms with Crippen LogP contribution in [0.15, 0.2) is 18.2 Å². The third-order valence-corrected chi connectivity index (χ3v) is 1.57. The van der Waals surface area contributed by atoms with Crippen LogP contribution in [-0.4, -0.2) is 11.7 Å². The standard InChI is InChI=1S/C10H10FNO/c11-10-4-3-9(7-13)8(6-10)2-1-5-12/h3-4,6,13H,5,7,12H2. The van der Waals surface area contributed by atoms with Crippen LogP contribution in [0.2, 0.25) is 0 Å². The van der Waals surface area contributed by atoms with E-state index in [0.29, 0.717) is 11.1 Å². The van der Waals surface area contributed by atoms with Crippen molar-refractivity contribution in [1.29, 1.82) is 0 Å². The molecule has 68 valence electrons. The van der Waals surface area contributed by atoms with Crippen LogP contribution >= 0.6 is 0 Å². The lowest BCUT2D eigenvalue weighted by Gasteiger charge is -1.99. The Bertz CT molecular complexity index is 352. The van der Waals surface area contributed by atoms with Gasteiger partial charge in [0.15, 0.2) is 0 Å². The molecule has 0 saturated carbocycles. The summed E-state index contributed by atoms with van der Waals surface area (Å²) < 4.78 is 12.7. The van der Waals surface area contributed by atoms with E-state index in [9.17, 15) is 4.39 Å².